The van der Waals surface area contributed by atoms with Gasteiger partial charge in [-0.2, -0.15) is 0 Å². The van der Waals surface area contributed by atoms with E-state index in [2.05, 4.69) is 20.3 Å². The summed E-state index contributed by atoms with van der Waals surface area (Å²) in [6, 6.07) is 5.78. The first kappa shape index (κ1) is 16.3. The van der Waals surface area contributed by atoms with Crippen LogP contribution in [0.3, 0.4) is 0 Å². The molecule has 1 fully saturated rings. The highest BCUT2D eigenvalue weighted by atomic mass is 16.5. The van der Waals surface area contributed by atoms with Gasteiger partial charge in [-0.15, -0.1) is 0 Å². The van der Waals surface area contributed by atoms with Crippen molar-refractivity contribution in [1.82, 2.24) is 19.9 Å². The molecular weight excluding hydrogens is 306 g/mol. The summed E-state index contributed by atoms with van der Waals surface area (Å²) in [5, 5.41) is 3.16. The largest absolute Gasteiger partial charge is 0.375 e. The predicted molar refractivity (Wildman–Crippen MR) is 90.1 cm³/mol. The quantitative estimate of drug-likeness (QED) is 0.903. The van der Waals surface area contributed by atoms with Crippen molar-refractivity contribution in [2.45, 2.75) is 19.3 Å². The standard InChI is InChI=1S/C17H21N5O2/c1-12-4-3-7-18-16(12)21-17-19-8-5-14(20-17)13-6-9-22(10-13)15(23)11-24-2/h3-5,7-8,13H,6,9-11H2,1-2H3,(H,18,19,20,21)/t13-/m0/s1. The lowest BCUT2D eigenvalue weighted by Crippen LogP contribution is -2.31. The summed E-state index contributed by atoms with van der Waals surface area (Å²) in [4.78, 5) is 26.9. The molecule has 1 N–H and O–H groups in total. The van der Waals surface area contributed by atoms with E-state index in [1.54, 1.807) is 12.4 Å². The molecule has 0 unspecified atom stereocenters. The summed E-state index contributed by atoms with van der Waals surface area (Å²) in [6.07, 6.45) is 4.37. The zero-order valence-electron chi connectivity index (χ0n) is 13.9. The fourth-order valence-corrected chi connectivity index (χ4v) is 2.83. The fourth-order valence-electron chi connectivity index (χ4n) is 2.83. The van der Waals surface area contributed by atoms with Crippen LogP contribution in [0.1, 0.15) is 23.6 Å². The number of nitrogens with zero attached hydrogens (tertiary/aromatic N) is 4. The minimum atomic E-state index is 0.0246. The molecule has 7 nitrogen and oxygen atoms in total. The second-order valence-electron chi connectivity index (χ2n) is 5.86. The van der Waals surface area contributed by atoms with E-state index < -0.39 is 0 Å². The Bertz CT molecular complexity index is 722. The van der Waals surface area contributed by atoms with Crippen molar-refractivity contribution in [3.8, 4) is 0 Å². The normalized spacial score (nSPS) is 17.1. The molecule has 2 aromatic heterocycles. The van der Waals surface area contributed by atoms with Crippen LogP contribution in [-0.2, 0) is 9.53 Å². The van der Waals surface area contributed by atoms with E-state index in [-0.39, 0.29) is 18.4 Å². The van der Waals surface area contributed by atoms with Crippen LogP contribution in [0.2, 0.25) is 0 Å². The van der Waals surface area contributed by atoms with E-state index in [0.29, 0.717) is 12.5 Å². The monoisotopic (exact) mass is 327 g/mol. The van der Waals surface area contributed by atoms with E-state index in [0.717, 1.165) is 30.0 Å². The smallest absolute Gasteiger partial charge is 0.248 e. The summed E-state index contributed by atoms with van der Waals surface area (Å²) >= 11 is 0. The number of hydrogen-bond donors (Lipinski definition) is 1. The van der Waals surface area contributed by atoms with Crippen LogP contribution in [-0.4, -0.2) is 52.6 Å². The number of aromatic nitrogens is 3. The van der Waals surface area contributed by atoms with Crippen molar-refractivity contribution >= 4 is 17.7 Å². The highest BCUT2D eigenvalue weighted by Crippen LogP contribution is 2.26. The molecule has 0 saturated carbocycles. The van der Waals surface area contributed by atoms with Gasteiger partial charge in [0.2, 0.25) is 11.9 Å². The average Bonchev–Trinajstić information content (AvgIpc) is 3.08. The molecule has 1 amide bonds. The van der Waals surface area contributed by atoms with Crippen molar-refractivity contribution < 1.29 is 9.53 Å². The van der Waals surface area contributed by atoms with Crippen LogP contribution in [0.25, 0.3) is 0 Å². The number of hydrogen-bond acceptors (Lipinski definition) is 6. The average molecular weight is 327 g/mol. The Labute approximate surface area is 141 Å². The van der Waals surface area contributed by atoms with Gasteiger partial charge in [-0.1, -0.05) is 6.07 Å². The maximum Gasteiger partial charge on any atom is 0.248 e. The van der Waals surface area contributed by atoms with Gasteiger partial charge in [0.1, 0.15) is 12.4 Å². The second-order valence-corrected chi connectivity index (χ2v) is 5.86. The Morgan fingerprint density at radius 1 is 1.38 bits per heavy atom. The third kappa shape index (κ3) is 3.68. The number of rotatable bonds is 5. The summed E-state index contributed by atoms with van der Waals surface area (Å²) in [6.45, 7) is 3.51. The summed E-state index contributed by atoms with van der Waals surface area (Å²) in [5.74, 6) is 1.52. The van der Waals surface area contributed by atoms with Crippen molar-refractivity contribution in [1.29, 1.82) is 0 Å². The second kappa shape index (κ2) is 7.35. The molecular formula is C17H21N5O2. The molecule has 0 aromatic carbocycles. The molecule has 3 heterocycles. The predicted octanol–water partition coefficient (Wildman–Crippen LogP) is 1.89. The molecule has 7 heteroatoms. The first-order chi connectivity index (χ1) is 11.7. The van der Waals surface area contributed by atoms with E-state index in [9.17, 15) is 4.79 Å². The molecule has 1 aliphatic rings. The maximum absolute atomic E-state index is 11.9. The first-order valence-corrected chi connectivity index (χ1v) is 7.95. The molecule has 1 aliphatic heterocycles. The molecule has 2 aromatic rings. The number of carbonyl (C=O) groups excluding carboxylic acids is 1. The number of anilines is 2. The molecule has 0 spiro atoms. The molecule has 3 rings (SSSR count). The maximum atomic E-state index is 11.9. The Morgan fingerprint density at radius 2 is 2.25 bits per heavy atom. The highest BCUT2D eigenvalue weighted by Gasteiger charge is 2.28. The van der Waals surface area contributed by atoms with Crippen molar-refractivity contribution in [2.24, 2.45) is 0 Å². The summed E-state index contributed by atoms with van der Waals surface area (Å²) in [5.41, 5.74) is 1.97. The number of pyridine rings is 1. The lowest BCUT2D eigenvalue weighted by molar-refractivity contribution is -0.134. The Hall–Kier alpha value is -2.54. The van der Waals surface area contributed by atoms with Crippen molar-refractivity contribution in [3.63, 3.8) is 0 Å². The minimum Gasteiger partial charge on any atom is -0.375 e. The molecule has 0 bridgehead atoms. The van der Waals surface area contributed by atoms with Gasteiger partial charge in [0.15, 0.2) is 0 Å². The van der Waals surface area contributed by atoms with Crippen LogP contribution < -0.4 is 5.32 Å². The van der Waals surface area contributed by atoms with E-state index in [1.165, 1.54) is 7.11 Å². The number of aryl methyl sites for hydroxylation is 1. The summed E-state index contributed by atoms with van der Waals surface area (Å²) in [7, 11) is 1.54. The molecule has 0 radical (unpaired) electrons. The molecule has 1 saturated heterocycles. The molecule has 126 valence electrons. The van der Waals surface area contributed by atoms with Crippen molar-refractivity contribution in [2.75, 3.05) is 32.1 Å². The number of nitrogens with one attached hydrogen (secondary N) is 1. The number of likely N-dealkylation sites (tertiary alicyclic amines) is 1. The van der Waals surface area contributed by atoms with Gasteiger partial charge in [0, 0.05) is 38.5 Å². The topological polar surface area (TPSA) is 80.2 Å². The first-order valence-electron chi connectivity index (χ1n) is 7.95. The third-order valence-electron chi connectivity index (χ3n) is 4.14. The molecule has 1 atom stereocenters. The Kier molecular flexibility index (Phi) is 5.00. The lowest BCUT2D eigenvalue weighted by atomic mass is 10.1. The fraction of sp³-hybridized carbons (Fsp3) is 0.412. The summed E-state index contributed by atoms with van der Waals surface area (Å²) < 4.78 is 4.92. The van der Waals surface area contributed by atoms with Gasteiger partial charge < -0.3 is 15.0 Å². The van der Waals surface area contributed by atoms with Gasteiger partial charge in [-0.05, 0) is 31.0 Å². The number of methoxy groups -OCH3 is 1. The van der Waals surface area contributed by atoms with Gasteiger partial charge in [-0.25, -0.2) is 15.0 Å². The van der Waals surface area contributed by atoms with E-state index in [4.69, 9.17) is 4.74 Å². The number of carbonyl (C=O) groups is 1. The molecule has 24 heavy (non-hydrogen) atoms. The Balaban J connectivity index is 1.70. The number of amides is 1. The zero-order chi connectivity index (χ0) is 16.9. The van der Waals surface area contributed by atoms with Gasteiger partial charge in [0.05, 0.1) is 5.69 Å². The highest BCUT2D eigenvalue weighted by molar-refractivity contribution is 5.77. The van der Waals surface area contributed by atoms with Crippen LogP contribution in [0, 0.1) is 6.92 Å². The third-order valence-corrected chi connectivity index (χ3v) is 4.14. The lowest BCUT2D eigenvalue weighted by Gasteiger charge is -2.16. The minimum absolute atomic E-state index is 0.0246. The van der Waals surface area contributed by atoms with Gasteiger partial charge >= 0.3 is 0 Å². The van der Waals surface area contributed by atoms with Crippen LogP contribution >= 0.6 is 0 Å². The number of ether oxygens (including phenoxy) is 1. The zero-order valence-corrected chi connectivity index (χ0v) is 13.9. The van der Waals surface area contributed by atoms with Crippen LogP contribution in [0.4, 0.5) is 11.8 Å². The Morgan fingerprint density at radius 3 is 3.04 bits per heavy atom. The molecule has 0 aliphatic carbocycles. The van der Waals surface area contributed by atoms with Gasteiger partial charge in [0.25, 0.3) is 0 Å². The van der Waals surface area contributed by atoms with Crippen LogP contribution in [0.15, 0.2) is 30.6 Å². The van der Waals surface area contributed by atoms with Gasteiger partial charge in [-0.3, -0.25) is 4.79 Å². The van der Waals surface area contributed by atoms with Crippen LogP contribution in [0.5, 0.6) is 0 Å². The van der Waals surface area contributed by atoms with E-state index >= 15 is 0 Å². The SMILES string of the molecule is COCC(=O)N1CC[C@H](c2ccnc(Nc3ncccc3C)n2)C1. The van der Waals surface area contributed by atoms with E-state index in [1.807, 2.05) is 30.0 Å². The van der Waals surface area contributed by atoms with Crippen molar-refractivity contribution in [3.05, 3.63) is 41.9 Å².